The van der Waals surface area contributed by atoms with E-state index in [1.165, 1.54) is 0 Å². The molecule has 0 saturated carbocycles. The lowest BCUT2D eigenvalue weighted by molar-refractivity contribution is -0.113. The van der Waals surface area contributed by atoms with Crippen LogP contribution in [0.5, 0.6) is 5.75 Å². The van der Waals surface area contributed by atoms with Crippen molar-refractivity contribution in [1.82, 2.24) is 19.7 Å². The maximum Gasteiger partial charge on any atom is 0.255 e. The van der Waals surface area contributed by atoms with E-state index >= 15 is 0 Å². The molecule has 2 aromatic heterocycles. The molecule has 4 aromatic rings. The Morgan fingerprint density at radius 1 is 1.03 bits per heavy atom. The highest BCUT2D eigenvalue weighted by Crippen LogP contribution is 2.37. The number of nitrogens with zero attached hydrogens (tertiary/aromatic N) is 4. The van der Waals surface area contributed by atoms with Gasteiger partial charge in [-0.25, -0.2) is 4.68 Å². The van der Waals surface area contributed by atoms with Crippen molar-refractivity contribution in [2.75, 3.05) is 17.7 Å². The van der Waals surface area contributed by atoms with Crippen LogP contribution in [0.4, 0.5) is 11.6 Å². The summed E-state index contributed by atoms with van der Waals surface area (Å²) in [5.41, 5.74) is 3.59. The van der Waals surface area contributed by atoms with E-state index in [2.05, 4.69) is 15.6 Å². The topological polar surface area (TPSA) is 94.0 Å². The second-order valence-corrected chi connectivity index (χ2v) is 7.57. The number of allylic oxidation sites excluding steroid dienone is 1. The van der Waals surface area contributed by atoms with Gasteiger partial charge in [-0.1, -0.05) is 42.5 Å². The van der Waals surface area contributed by atoms with Crippen molar-refractivity contribution in [2.24, 2.45) is 0 Å². The van der Waals surface area contributed by atoms with E-state index in [0.29, 0.717) is 34.5 Å². The molecule has 1 aliphatic rings. The first-order valence-electron chi connectivity index (χ1n) is 10.5. The molecule has 0 spiro atoms. The molecule has 1 aliphatic heterocycles. The van der Waals surface area contributed by atoms with Gasteiger partial charge in [0.05, 0.1) is 18.4 Å². The fourth-order valence-electron chi connectivity index (χ4n) is 3.95. The molecule has 0 radical (unpaired) electrons. The number of nitrogens with one attached hydrogen (secondary N) is 2. The lowest BCUT2D eigenvalue weighted by Gasteiger charge is -2.28. The van der Waals surface area contributed by atoms with Gasteiger partial charge in [-0.05, 0) is 36.8 Å². The van der Waals surface area contributed by atoms with Gasteiger partial charge in [0.25, 0.3) is 5.91 Å². The number of aromatic nitrogens is 4. The minimum atomic E-state index is -0.482. The smallest absolute Gasteiger partial charge is 0.255 e. The molecule has 1 atom stereocenters. The molecule has 1 amide bonds. The molecular formula is C25H22N6O2. The summed E-state index contributed by atoms with van der Waals surface area (Å²) >= 11 is 0. The average molecular weight is 438 g/mol. The van der Waals surface area contributed by atoms with Crippen LogP contribution < -0.4 is 15.4 Å². The standard InChI is InChI=1S/C25H22N6O2/c1-16-21(24(32)28-19-10-6-7-11-20(19)33-2)22(17-12-14-26-15-13-17)31-25(27-16)29-23(30-31)18-8-4-3-5-9-18/h3-15,22H,1-2H3,(H,28,32)(H,27,29,30)/t22-/m1/s1. The summed E-state index contributed by atoms with van der Waals surface area (Å²) in [5, 5.41) is 11.0. The second kappa shape index (κ2) is 8.58. The van der Waals surface area contributed by atoms with Crippen LogP contribution in [0.3, 0.4) is 0 Å². The van der Waals surface area contributed by atoms with Crippen LogP contribution in [0, 0.1) is 0 Å². The van der Waals surface area contributed by atoms with E-state index in [1.54, 1.807) is 36.3 Å². The predicted molar refractivity (Wildman–Crippen MR) is 126 cm³/mol. The number of anilines is 2. The molecule has 8 nitrogen and oxygen atoms in total. The highest BCUT2D eigenvalue weighted by Gasteiger charge is 2.34. The number of ether oxygens (including phenoxy) is 1. The van der Waals surface area contributed by atoms with E-state index in [4.69, 9.17) is 14.8 Å². The van der Waals surface area contributed by atoms with Crippen LogP contribution in [0.25, 0.3) is 11.4 Å². The molecule has 0 aliphatic carbocycles. The second-order valence-electron chi connectivity index (χ2n) is 7.57. The van der Waals surface area contributed by atoms with E-state index in [-0.39, 0.29) is 5.91 Å². The summed E-state index contributed by atoms with van der Waals surface area (Å²) in [5.74, 6) is 1.48. The SMILES string of the molecule is COc1ccccc1NC(=O)C1=C(C)Nc2nc(-c3ccccc3)nn2[C@@H]1c1ccncc1. The summed E-state index contributed by atoms with van der Waals surface area (Å²) in [6.45, 7) is 1.87. The van der Waals surface area contributed by atoms with E-state index in [1.807, 2.05) is 61.5 Å². The molecule has 0 fully saturated rings. The number of para-hydroxylation sites is 2. The number of carbonyl (C=O) groups excluding carboxylic acids is 1. The van der Waals surface area contributed by atoms with Gasteiger partial charge in [0.1, 0.15) is 11.8 Å². The zero-order chi connectivity index (χ0) is 22.8. The zero-order valence-corrected chi connectivity index (χ0v) is 18.2. The Kier molecular flexibility index (Phi) is 5.32. The number of pyridine rings is 1. The number of fused-ring (bicyclic) bond motifs is 1. The van der Waals surface area contributed by atoms with Gasteiger partial charge < -0.3 is 15.4 Å². The zero-order valence-electron chi connectivity index (χ0n) is 18.2. The summed E-state index contributed by atoms with van der Waals surface area (Å²) in [4.78, 5) is 22.4. The summed E-state index contributed by atoms with van der Waals surface area (Å²) < 4.78 is 7.15. The molecule has 5 rings (SSSR count). The minimum Gasteiger partial charge on any atom is -0.495 e. The van der Waals surface area contributed by atoms with E-state index in [9.17, 15) is 4.79 Å². The summed E-state index contributed by atoms with van der Waals surface area (Å²) in [6, 6.07) is 20.3. The van der Waals surface area contributed by atoms with Gasteiger partial charge in [-0.2, -0.15) is 4.98 Å². The van der Waals surface area contributed by atoms with Crippen LogP contribution in [0.2, 0.25) is 0 Å². The van der Waals surface area contributed by atoms with Gasteiger partial charge in [0.15, 0.2) is 5.82 Å². The van der Waals surface area contributed by atoms with Gasteiger partial charge in [-0.15, -0.1) is 5.10 Å². The first kappa shape index (κ1) is 20.4. The highest BCUT2D eigenvalue weighted by molar-refractivity contribution is 6.06. The van der Waals surface area contributed by atoms with Gasteiger partial charge in [0, 0.05) is 23.7 Å². The summed E-state index contributed by atoms with van der Waals surface area (Å²) in [6.07, 6.45) is 3.41. The normalized spacial score (nSPS) is 14.9. The number of hydrogen-bond acceptors (Lipinski definition) is 6. The molecule has 2 aromatic carbocycles. The number of carbonyl (C=O) groups is 1. The molecular weight excluding hydrogens is 416 g/mol. The number of methoxy groups -OCH3 is 1. The van der Waals surface area contributed by atoms with Crippen LogP contribution in [-0.2, 0) is 4.79 Å². The Morgan fingerprint density at radius 2 is 1.76 bits per heavy atom. The van der Waals surface area contributed by atoms with Crippen molar-refractivity contribution < 1.29 is 9.53 Å². The Morgan fingerprint density at radius 3 is 2.52 bits per heavy atom. The molecule has 3 heterocycles. The van der Waals surface area contributed by atoms with Crippen LogP contribution in [0.1, 0.15) is 18.5 Å². The van der Waals surface area contributed by atoms with Crippen molar-refractivity contribution in [1.29, 1.82) is 0 Å². The van der Waals surface area contributed by atoms with Crippen molar-refractivity contribution in [3.8, 4) is 17.1 Å². The number of amides is 1. The summed E-state index contributed by atoms with van der Waals surface area (Å²) in [7, 11) is 1.57. The van der Waals surface area contributed by atoms with E-state index < -0.39 is 6.04 Å². The maximum atomic E-state index is 13.6. The van der Waals surface area contributed by atoms with Gasteiger partial charge in [-0.3, -0.25) is 9.78 Å². The Balaban J connectivity index is 1.59. The van der Waals surface area contributed by atoms with Crippen molar-refractivity contribution in [3.63, 3.8) is 0 Å². The maximum absolute atomic E-state index is 13.6. The molecule has 8 heteroatoms. The molecule has 2 N–H and O–H groups in total. The molecule has 0 saturated heterocycles. The van der Waals surface area contributed by atoms with Crippen LogP contribution in [-0.4, -0.2) is 32.8 Å². The fraction of sp³-hybridized carbons (Fsp3) is 0.120. The van der Waals surface area contributed by atoms with Crippen LogP contribution >= 0.6 is 0 Å². The fourth-order valence-corrected chi connectivity index (χ4v) is 3.95. The number of hydrogen-bond donors (Lipinski definition) is 2. The molecule has 0 bridgehead atoms. The number of rotatable bonds is 5. The van der Waals surface area contributed by atoms with Gasteiger partial charge >= 0.3 is 0 Å². The van der Waals surface area contributed by atoms with Crippen molar-refractivity contribution in [3.05, 3.63) is 96.0 Å². The third-order valence-corrected chi connectivity index (χ3v) is 5.51. The first-order chi connectivity index (χ1) is 16.2. The Labute approximate surface area is 191 Å². The number of benzene rings is 2. The minimum absolute atomic E-state index is 0.256. The third kappa shape index (κ3) is 3.82. The monoisotopic (exact) mass is 438 g/mol. The van der Waals surface area contributed by atoms with Crippen molar-refractivity contribution in [2.45, 2.75) is 13.0 Å². The van der Waals surface area contributed by atoms with Gasteiger partial charge in [0.2, 0.25) is 5.95 Å². The largest absolute Gasteiger partial charge is 0.495 e. The lowest BCUT2D eigenvalue weighted by Crippen LogP contribution is -2.31. The Hall–Kier alpha value is -4.46. The average Bonchev–Trinajstić information content (AvgIpc) is 3.28. The lowest BCUT2D eigenvalue weighted by atomic mass is 9.96. The third-order valence-electron chi connectivity index (χ3n) is 5.51. The quantitative estimate of drug-likeness (QED) is 0.483. The van der Waals surface area contributed by atoms with Crippen molar-refractivity contribution >= 4 is 17.5 Å². The molecule has 33 heavy (non-hydrogen) atoms. The molecule has 164 valence electrons. The predicted octanol–water partition coefficient (Wildman–Crippen LogP) is 4.28. The molecule has 0 unspecified atom stereocenters. The van der Waals surface area contributed by atoms with E-state index in [0.717, 1.165) is 11.1 Å². The Bertz CT molecular complexity index is 1330. The van der Waals surface area contributed by atoms with Crippen LogP contribution in [0.15, 0.2) is 90.4 Å². The highest BCUT2D eigenvalue weighted by atomic mass is 16.5. The first-order valence-corrected chi connectivity index (χ1v) is 10.5.